The molecule has 0 spiro atoms. The highest BCUT2D eigenvalue weighted by molar-refractivity contribution is 5.70. The fourth-order valence-electron chi connectivity index (χ4n) is 3.06. The molecule has 1 aromatic rings. The van der Waals surface area contributed by atoms with Gasteiger partial charge in [-0.25, -0.2) is 0 Å². The number of nitrogens with zero attached hydrogens (tertiary/aromatic N) is 3. The first-order chi connectivity index (χ1) is 12.1. The first-order valence-electron chi connectivity index (χ1n) is 8.64. The summed E-state index contributed by atoms with van der Waals surface area (Å²) in [7, 11) is 0. The highest BCUT2D eigenvalue weighted by Gasteiger charge is 2.29. The van der Waals surface area contributed by atoms with Gasteiger partial charge in [-0.3, -0.25) is 9.80 Å². The van der Waals surface area contributed by atoms with Gasteiger partial charge in [0.1, 0.15) is 11.9 Å². The van der Waals surface area contributed by atoms with Gasteiger partial charge in [0, 0.05) is 44.4 Å². The van der Waals surface area contributed by atoms with Gasteiger partial charge in [-0.1, -0.05) is 18.2 Å². The van der Waals surface area contributed by atoms with Gasteiger partial charge in [0.2, 0.25) is 0 Å². The average molecular weight is 345 g/mol. The van der Waals surface area contributed by atoms with E-state index in [1.54, 1.807) is 6.92 Å². The molecule has 0 aromatic heterocycles. The fourth-order valence-corrected chi connectivity index (χ4v) is 3.06. The van der Waals surface area contributed by atoms with E-state index in [0.717, 1.165) is 37.3 Å². The summed E-state index contributed by atoms with van der Waals surface area (Å²) < 4.78 is 6.17. The van der Waals surface area contributed by atoms with Gasteiger partial charge in [0.15, 0.2) is 6.23 Å². The standard InChI is InChI=1S/C19H27N3O3/c1-15(7-8-20)17-5-3-4-6-18(17)25-19(16(2)24)22-11-9-21(10-12-22)13-14-23/h3-7,16,19,23-24H,9-14H2,1-2H3/b15-7-. The van der Waals surface area contributed by atoms with Crippen LogP contribution in [0.25, 0.3) is 5.57 Å². The Hall–Kier alpha value is -1.91. The molecule has 1 aromatic carbocycles. The third kappa shape index (κ3) is 5.28. The third-order valence-electron chi connectivity index (χ3n) is 4.44. The number of nitriles is 1. The van der Waals surface area contributed by atoms with Gasteiger partial charge in [-0.15, -0.1) is 0 Å². The minimum Gasteiger partial charge on any atom is -0.472 e. The van der Waals surface area contributed by atoms with Crippen LogP contribution >= 0.6 is 0 Å². The van der Waals surface area contributed by atoms with Crippen LogP contribution in [0.1, 0.15) is 19.4 Å². The molecule has 0 saturated carbocycles. The monoisotopic (exact) mass is 345 g/mol. The molecule has 2 rings (SSSR count). The molecular weight excluding hydrogens is 318 g/mol. The molecule has 0 radical (unpaired) electrons. The second kappa shape index (κ2) is 9.54. The van der Waals surface area contributed by atoms with E-state index in [1.807, 2.05) is 37.3 Å². The molecule has 0 aliphatic carbocycles. The molecule has 6 nitrogen and oxygen atoms in total. The largest absolute Gasteiger partial charge is 0.472 e. The number of para-hydroxylation sites is 1. The molecule has 2 atom stereocenters. The van der Waals surface area contributed by atoms with Gasteiger partial charge in [0.25, 0.3) is 0 Å². The summed E-state index contributed by atoms with van der Waals surface area (Å²) in [6.07, 6.45) is 0.387. The lowest BCUT2D eigenvalue weighted by Gasteiger charge is -2.40. The van der Waals surface area contributed by atoms with Crippen LogP contribution in [0.4, 0.5) is 0 Å². The smallest absolute Gasteiger partial charge is 0.178 e. The Bertz CT molecular complexity index is 617. The van der Waals surface area contributed by atoms with Gasteiger partial charge >= 0.3 is 0 Å². The van der Waals surface area contributed by atoms with Crippen molar-refractivity contribution in [2.24, 2.45) is 0 Å². The molecule has 1 aliphatic heterocycles. The predicted molar refractivity (Wildman–Crippen MR) is 96.9 cm³/mol. The first kappa shape index (κ1) is 19.4. The maximum absolute atomic E-state index is 10.2. The molecule has 0 bridgehead atoms. The highest BCUT2D eigenvalue weighted by Crippen LogP contribution is 2.27. The highest BCUT2D eigenvalue weighted by atomic mass is 16.5. The first-order valence-corrected chi connectivity index (χ1v) is 8.64. The summed E-state index contributed by atoms with van der Waals surface area (Å²) >= 11 is 0. The molecule has 25 heavy (non-hydrogen) atoms. The number of hydrogen-bond donors (Lipinski definition) is 2. The number of piperazine rings is 1. The minimum absolute atomic E-state index is 0.161. The summed E-state index contributed by atoms with van der Waals surface area (Å²) in [5.41, 5.74) is 1.68. The SMILES string of the molecule is C/C(=C/C#N)c1ccccc1OC(C(C)O)N1CCN(CCO)CC1. The quantitative estimate of drug-likeness (QED) is 0.726. The second-order valence-electron chi connectivity index (χ2n) is 6.30. The lowest BCUT2D eigenvalue weighted by Crippen LogP contribution is -2.55. The molecule has 136 valence electrons. The number of hydrogen-bond acceptors (Lipinski definition) is 6. The summed E-state index contributed by atoms with van der Waals surface area (Å²) in [6.45, 7) is 7.64. The van der Waals surface area contributed by atoms with Crippen LogP contribution in [0.2, 0.25) is 0 Å². The van der Waals surface area contributed by atoms with Crippen molar-refractivity contribution in [1.29, 1.82) is 5.26 Å². The van der Waals surface area contributed by atoms with Crippen molar-refractivity contribution in [1.82, 2.24) is 9.80 Å². The number of rotatable bonds is 7. The Kier molecular flexibility index (Phi) is 7.41. The van der Waals surface area contributed by atoms with E-state index in [4.69, 9.17) is 15.1 Å². The minimum atomic E-state index is -0.655. The van der Waals surface area contributed by atoms with Crippen molar-refractivity contribution in [2.75, 3.05) is 39.3 Å². The van der Waals surface area contributed by atoms with Gasteiger partial charge < -0.3 is 14.9 Å². The molecule has 1 heterocycles. The topological polar surface area (TPSA) is 80.0 Å². The summed E-state index contributed by atoms with van der Waals surface area (Å²) in [4.78, 5) is 4.32. The zero-order chi connectivity index (χ0) is 18.2. The van der Waals surface area contributed by atoms with Crippen molar-refractivity contribution >= 4 is 5.57 Å². The van der Waals surface area contributed by atoms with Crippen molar-refractivity contribution in [3.8, 4) is 11.8 Å². The molecule has 1 saturated heterocycles. The molecule has 1 aliphatic rings. The summed E-state index contributed by atoms with van der Waals surface area (Å²) in [5.74, 6) is 0.662. The lowest BCUT2D eigenvalue weighted by molar-refractivity contribution is -0.0753. The van der Waals surface area contributed by atoms with E-state index < -0.39 is 12.3 Å². The number of benzene rings is 1. The number of β-amino-alcohol motifs (C(OH)–C–C–N with tert-alkyl or cyclic N) is 1. The van der Waals surface area contributed by atoms with Crippen LogP contribution in [0.3, 0.4) is 0 Å². The molecule has 6 heteroatoms. The molecule has 0 amide bonds. The number of ether oxygens (including phenoxy) is 1. The van der Waals surface area contributed by atoms with Crippen molar-refractivity contribution in [3.05, 3.63) is 35.9 Å². The van der Waals surface area contributed by atoms with Crippen LogP contribution < -0.4 is 4.74 Å². The second-order valence-corrected chi connectivity index (χ2v) is 6.30. The zero-order valence-corrected chi connectivity index (χ0v) is 14.9. The van der Waals surface area contributed by atoms with E-state index in [1.165, 1.54) is 6.08 Å². The Balaban J connectivity index is 2.13. The normalized spacial score (nSPS) is 19.2. The average Bonchev–Trinajstić information content (AvgIpc) is 2.61. The Labute approximate surface area is 149 Å². The Morgan fingerprint density at radius 2 is 2.00 bits per heavy atom. The van der Waals surface area contributed by atoms with Crippen molar-refractivity contribution in [2.45, 2.75) is 26.2 Å². The van der Waals surface area contributed by atoms with Crippen LogP contribution in [-0.4, -0.2) is 71.7 Å². The molecule has 2 unspecified atom stereocenters. The Morgan fingerprint density at radius 3 is 2.60 bits per heavy atom. The maximum Gasteiger partial charge on any atom is 0.178 e. The van der Waals surface area contributed by atoms with Crippen LogP contribution in [-0.2, 0) is 0 Å². The van der Waals surface area contributed by atoms with E-state index in [2.05, 4.69) is 9.80 Å². The van der Waals surface area contributed by atoms with E-state index in [9.17, 15) is 5.11 Å². The van der Waals surface area contributed by atoms with E-state index in [-0.39, 0.29) is 6.61 Å². The lowest BCUT2D eigenvalue weighted by atomic mass is 10.1. The van der Waals surface area contributed by atoms with Crippen LogP contribution in [0.5, 0.6) is 5.75 Å². The van der Waals surface area contributed by atoms with Crippen LogP contribution in [0.15, 0.2) is 30.3 Å². The number of aliphatic hydroxyl groups is 2. The van der Waals surface area contributed by atoms with Crippen molar-refractivity contribution in [3.63, 3.8) is 0 Å². The van der Waals surface area contributed by atoms with Gasteiger partial charge in [0.05, 0.1) is 12.7 Å². The summed E-state index contributed by atoms with van der Waals surface area (Å²) in [6, 6.07) is 9.61. The number of aliphatic hydroxyl groups excluding tert-OH is 2. The van der Waals surface area contributed by atoms with Gasteiger partial charge in [-0.05, 0) is 25.5 Å². The van der Waals surface area contributed by atoms with E-state index >= 15 is 0 Å². The molecule has 1 fully saturated rings. The molecular formula is C19H27N3O3. The van der Waals surface area contributed by atoms with Crippen LogP contribution in [0, 0.1) is 11.3 Å². The Morgan fingerprint density at radius 1 is 1.32 bits per heavy atom. The zero-order valence-electron chi connectivity index (χ0n) is 14.9. The van der Waals surface area contributed by atoms with Crippen molar-refractivity contribution < 1.29 is 14.9 Å². The summed E-state index contributed by atoms with van der Waals surface area (Å²) in [5, 5.41) is 28.2. The third-order valence-corrected chi connectivity index (χ3v) is 4.44. The maximum atomic E-state index is 10.2. The van der Waals surface area contributed by atoms with E-state index in [0.29, 0.717) is 12.3 Å². The van der Waals surface area contributed by atoms with Gasteiger partial charge in [-0.2, -0.15) is 5.26 Å². The number of allylic oxidation sites excluding steroid dienone is 2. The molecule has 2 N–H and O–H groups in total. The predicted octanol–water partition coefficient (Wildman–Crippen LogP) is 1.31. The fraction of sp³-hybridized carbons (Fsp3) is 0.526.